The van der Waals surface area contributed by atoms with Crippen LogP contribution in [0.15, 0.2) is 29.1 Å². The van der Waals surface area contributed by atoms with Gasteiger partial charge in [0.25, 0.3) is 11.5 Å². The maximum atomic E-state index is 13.3. The van der Waals surface area contributed by atoms with Crippen LogP contribution in [-0.4, -0.2) is 45.8 Å². The minimum atomic E-state index is -0.123. The molecule has 2 atom stereocenters. The second kappa shape index (κ2) is 6.83. The van der Waals surface area contributed by atoms with Crippen molar-refractivity contribution in [2.45, 2.75) is 51.7 Å². The fourth-order valence-corrected chi connectivity index (χ4v) is 4.14. The maximum Gasteiger partial charge on any atom is 0.275 e. The van der Waals surface area contributed by atoms with Gasteiger partial charge in [-0.25, -0.2) is 4.68 Å². The summed E-state index contributed by atoms with van der Waals surface area (Å²) in [5, 5.41) is 9.33. The number of carbonyl (C=O) groups is 1. The van der Waals surface area contributed by atoms with Crippen LogP contribution in [0.4, 0.5) is 0 Å². The molecule has 3 heterocycles. The molecule has 6 nitrogen and oxygen atoms in total. The summed E-state index contributed by atoms with van der Waals surface area (Å²) in [6, 6.07) is 8.22. The van der Waals surface area contributed by atoms with Gasteiger partial charge in [-0.15, -0.1) is 0 Å². The number of carbonyl (C=O) groups excluding carboxylic acids is 1. The third kappa shape index (κ3) is 3.14. The average molecular weight is 354 g/mol. The van der Waals surface area contributed by atoms with Crippen molar-refractivity contribution < 1.29 is 4.79 Å². The third-order valence-electron chi connectivity index (χ3n) is 5.42. The van der Waals surface area contributed by atoms with Crippen molar-refractivity contribution >= 4 is 16.7 Å². The quantitative estimate of drug-likeness (QED) is 0.916. The number of aromatic nitrogens is 2. The van der Waals surface area contributed by atoms with Gasteiger partial charge in [0.1, 0.15) is 0 Å². The fraction of sp³-hybridized carbons (Fsp3) is 0.550. The molecular weight excluding hydrogens is 328 g/mol. The molecule has 2 unspecified atom stereocenters. The van der Waals surface area contributed by atoms with Gasteiger partial charge in [-0.3, -0.25) is 9.59 Å². The number of rotatable bonds is 3. The highest BCUT2D eigenvalue weighted by Gasteiger charge is 2.32. The summed E-state index contributed by atoms with van der Waals surface area (Å²) in [5.74, 6) is 0.218. The first-order valence-corrected chi connectivity index (χ1v) is 9.58. The Bertz CT molecular complexity index is 889. The summed E-state index contributed by atoms with van der Waals surface area (Å²) in [7, 11) is 0. The van der Waals surface area contributed by atoms with Gasteiger partial charge in [0, 0.05) is 37.1 Å². The highest BCUT2D eigenvalue weighted by atomic mass is 16.2. The maximum absolute atomic E-state index is 13.3. The standard InChI is InChI=1S/C20H26N4O2/c1-13(2)11-24-19(25)17-6-4-3-5-16(17)18(22-24)20(26)23-10-9-14-7-8-15(12-23)21-14/h3-6,13-15,21H,7-12H2,1-2H3. The fourth-order valence-electron chi connectivity index (χ4n) is 4.14. The number of hydrogen-bond acceptors (Lipinski definition) is 4. The van der Waals surface area contributed by atoms with Crippen LogP contribution < -0.4 is 10.9 Å². The van der Waals surface area contributed by atoms with E-state index >= 15 is 0 Å². The van der Waals surface area contributed by atoms with Gasteiger partial charge < -0.3 is 10.2 Å². The first-order chi connectivity index (χ1) is 12.5. The number of hydrogen-bond donors (Lipinski definition) is 1. The summed E-state index contributed by atoms with van der Waals surface area (Å²) in [4.78, 5) is 28.0. The summed E-state index contributed by atoms with van der Waals surface area (Å²) >= 11 is 0. The van der Waals surface area contributed by atoms with E-state index in [1.165, 1.54) is 11.1 Å². The van der Waals surface area contributed by atoms with Gasteiger partial charge in [0.2, 0.25) is 0 Å². The molecule has 2 fully saturated rings. The molecule has 2 bridgehead atoms. The van der Waals surface area contributed by atoms with Crippen LogP contribution in [-0.2, 0) is 6.54 Å². The Kier molecular flexibility index (Phi) is 4.53. The molecule has 4 rings (SSSR count). The number of fused-ring (bicyclic) bond motifs is 3. The number of nitrogens with zero attached hydrogens (tertiary/aromatic N) is 3. The van der Waals surface area contributed by atoms with E-state index in [2.05, 4.69) is 10.4 Å². The van der Waals surface area contributed by atoms with E-state index in [4.69, 9.17) is 0 Å². The minimum Gasteiger partial charge on any atom is -0.336 e. The molecule has 2 saturated heterocycles. The molecule has 0 aliphatic carbocycles. The normalized spacial score (nSPS) is 22.8. The molecule has 138 valence electrons. The van der Waals surface area contributed by atoms with Crippen molar-refractivity contribution in [1.29, 1.82) is 0 Å². The first-order valence-electron chi connectivity index (χ1n) is 9.58. The Morgan fingerprint density at radius 3 is 2.69 bits per heavy atom. The molecule has 2 aromatic rings. The van der Waals surface area contributed by atoms with E-state index in [1.807, 2.05) is 36.9 Å². The lowest BCUT2D eigenvalue weighted by atomic mass is 10.1. The van der Waals surface area contributed by atoms with Gasteiger partial charge in [0.05, 0.1) is 5.39 Å². The van der Waals surface area contributed by atoms with Crippen LogP contribution in [0.3, 0.4) is 0 Å². The molecule has 1 N–H and O–H groups in total. The van der Waals surface area contributed by atoms with E-state index in [1.54, 1.807) is 6.07 Å². The van der Waals surface area contributed by atoms with E-state index in [0.29, 0.717) is 41.6 Å². The monoisotopic (exact) mass is 354 g/mol. The second-order valence-corrected chi connectivity index (χ2v) is 7.95. The van der Waals surface area contributed by atoms with Crippen molar-refractivity contribution in [3.05, 3.63) is 40.3 Å². The van der Waals surface area contributed by atoms with Gasteiger partial charge in [-0.05, 0) is 31.2 Å². The zero-order valence-corrected chi connectivity index (χ0v) is 15.4. The average Bonchev–Trinajstić information content (AvgIpc) is 2.95. The SMILES string of the molecule is CC(C)Cn1nc(C(=O)N2CCC3CCC(C2)N3)c2ccccc2c1=O. The topological polar surface area (TPSA) is 67.2 Å². The molecule has 2 aliphatic heterocycles. The number of benzene rings is 1. The van der Waals surface area contributed by atoms with Crippen LogP contribution in [0.2, 0.25) is 0 Å². The zero-order valence-electron chi connectivity index (χ0n) is 15.4. The van der Waals surface area contributed by atoms with Crippen molar-refractivity contribution in [2.24, 2.45) is 5.92 Å². The number of amides is 1. The van der Waals surface area contributed by atoms with Gasteiger partial charge in [-0.2, -0.15) is 5.10 Å². The van der Waals surface area contributed by atoms with Crippen LogP contribution in [0, 0.1) is 5.92 Å². The Balaban J connectivity index is 1.76. The lowest BCUT2D eigenvalue weighted by molar-refractivity contribution is 0.0741. The van der Waals surface area contributed by atoms with Crippen molar-refractivity contribution in [3.8, 4) is 0 Å². The van der Waals surface area contributed by atoms with Crippen molar-refractivity contribution in [1.82, 2.24) is 20.0 Å². The molecule has 6 heteroatoms. The van der Waals surface area contributed by atoms with E-state index in [9.17, 15) is 9.59 Å². The summed E-state index contributed by atoms with van der Waals surface area (Å²) in [5.41, 5.74) is 0.279. The molecule has 2 aliphatic rings. The molecule has 0 saturated carbocycles. The van der Waals surface area contributed by atoms with Crippen LogP contribution in [0.1, 0.15) is 43.6 Å². The molecule has 1 aromatic heterocycles. The van der Waals surface area contributed by atoms with Gasteiger partial charge >= 0.3 is 0 Å². The van der Waals surface area contributed by atoms with Gasteiger partial charge in [-0.1, -0.05) is 32.0 Å². The highest BCUT2D eigenvalue weighted by Crippen LogP contribution is 2.23. The molecule has 1 amide bonds. The third-order valence-corrected chi connectivity index (χ3v) is 5.42. The zero-order chi connectivity index (χ0) is 18.3. The van der Waals surface area contributed by atoms with E-state index in [0.717, 1.165) is 19.4 Å². The first kappa shape index (κ1) is 17.2. The predicted octanol–water partition coefficient (Wildman–Crippen LogP) is 2.02. The summed E-state index contributed by atoms with van der Waals surface area (Å²) < 4.78 is 1.46. The smallest absolute Gasteiger partial charge is 0.275 e. The Labute approximate surface area is 153 Å². The van der Waals surface area contributed by atoms with Gasteiger partial charge in [0.15, 0.2) is 5.69 Å². The Morgan fingerprint density at radius 2 is 1.92 bits per heavy atom. The minimum absolute atomic E-state index is 0.0620. The molecule has 1 aromatic carbocycles. The lowest BCUT2D eigenvalue weighted by Crippen LogP contribution is -2.40. The van der Waals surface area contributed by atoms with Crippen LogP contribution in [0.25, 0.3) is 10.8 Å². The Hall–Kier alpha value is -2.21. The second-order valence-electron chi connectivity index (χ2n) is 7.95. The summed E-state index contributed by atoms with van der Waals surface area (Å²) in [6.45, 7) is 6.06. The van der Waals surface area contributed by atoms with Crippen molar-refractivity contribution in [2.75, 3.05) is 13.1 Å². The van der Waals surface area contributed by atoms with E-state index in [-0.39, 0.29) is 17.4 Å². The molecule has 26 heavy (non-hydrogen) atoms. The van der Waals surface area contributed by atoms with Crippen LogP contribution >= 0.6 is 0 Å². The molecule has 0 radical (unpaired) electrons. The van der Waals surface area contributed by atoms with Crippen molar-refractivity contribution in [3.63, 3.8) is 0 Å². The Morgan fingerprint density at radius 1 is 1.19 bits per heavy atom. The highest BCUT2D eigenvalue weighted by molar-refractivity contribution is 6.04. The van der Waals surface area contributed by atoms with E-state index < -0.39 is 0 Å². The largest absolute Gasteiger partial charge is 0.336 e. The van der Waals surface area contributed by atoms with Crippen LogP contribution in [0.5, 0.6) is 0 Å². The lowest BCUT2D eigenvalue weighted by Gasteiger charge is -2.24. The number of likely N-dealkylation sites (tertiary alicyclic amines) is 1. The predicted molar refractivity (Wildman–Crippen MR) is 101 cm³/mol. The summed E-state index contributed by atoms with van der Waals surface area (Å²) in [6.07, 6.45) is 3.30. The molecule has 0 spiro atoms. The number of nitrogens with one attached hydrogen (secondary N) is 1. The molecular formula is C20H26N4O2.